The van der Waals surface area contributed by atoms with Crippen molar-refractivity contribution in [3.8, 4) is 0 Å². The molecule has 1 fully saturated rings. The van der Waals surface area contributed by atoms with Gasteiger partial charge in [-0.05, 0) is 0 Å². The second-order valence-electron chi connectivity index (χ2n) is 3.89. The van der Waals surface area contributed by atoms with E-state index in [1.165, 1.54) is 36.8 Å². The van der Waals surface area contributed by atoms with Gasteiger partial charge in [0.1, 0.15) is 0 Å². The summed E-state index contributed by atoms with van der Waals surface area (Å²) in [6.45, 7) is 3.19. The first kappa shape index (κ1) is 10.4. The Kier molecular flexibility index (Phi) is 3.82. The van der Waals surface area contributed by atoms with Crippen LogP contribution >= 0.6 is 0 Å². The van der Waals surface area contributed by atoms with E-state index < -0.39 is 0 Å². The van der Waals surface area contributed by atoms with E-state index in [4.69, 9.17) is 0 Å². The Morgan fingerprint density at radius 2 is 2.14 bits per heavy atom. The van der Waals surface area contributed by atoms with E-state index in [1.54, 1.807) is 0 Å². The van der Waals surface area contributed by atoms with Crippen LogP contribution in [0.2, 0.25) is 0 Å². The summed E-state index contributed by atoms with van der Waals surface area (Å²) in [6, 6.07) is 4.14. The zero-order valence-electron chi connectivity index (χ0n) is 8.35. The van der Waals surface area contributed by atoms with Crippen LogP contribution in [0.25, 0.3) is 0 Å². The van der Waals surface area contributed by atoms with Crippen LogP contribution in [0, 0.1) is 0 Å². The van der Waals surface area contributed by atoms with Crippen molar-refractivity contribution in [2.24, 2.45) is 0 Å². The normalized spacial score (nSPS) is 20.9. The Bertz CT molecular complexity index is 254. The molecule has 2 heterocycles. The first-order valence-electron chi connectivity index (χ1n) is 5.30. The van der Waals surface area contributed by atoms with Gasteiger partial charge in [0.2, 0.25) is 0 Å². The van der Waals surface area contributed by atoms with E-state index in [0.717, 1.165) is 6.54 Å². The molecule has 1 aromatic rings. The molecule has 1 atom stereocenters. The van der Waals surface area contributed by atoms with E-state index >= 15 is 0 Å². The molecule has 0 saturated carbocycles. The Hall–Kier alpha value is -0.0805. The molecule has 1 unspecified atom stereocenters. The zero-order chi connectivity index (χ0) is 9.80. The molecule has 2 nitrogen and oxygen atoms in total. The summed E-state index contributed by atoms with van der Waals surface area (Å²) in [5.41, 5.74) is 0. The van der Waals surface area contributed by atoms with E-state index in [2.05, 4.69) is 22.0 Å². The van der Waals surface area contributed by atoms with Crippen LogP contribution in [0.1, 0.15) is 29.8 Å². The van der Waals surface area contributed by atoms with E-state index in [0.29, 0.717) is 14.5 Å². The number of β-amino-alcohol motifs (C(OH)–C–C–N with tert-alkyl or cyclic N) is 1. The van der Waals surface area contributed by atoms with Gasteiger partial charge in [0.05, 0.1) is 0 Å². The Morgan fingerprint density at radius 3 is 2.79 bits per heavy atom. The first-order chi connectivity index (χ1) is 6.86. The molecule has 1 aromatic heterocycles. The van der Waals surface area contributed by atoms with Gasteiger partial charge in [-0.15, -0.1) is 0 Å². The Morgan fingerprint density at radius 1 is 1.36 bits per heavy atom. The van der Waals surface area contributed by atoms with Crippen molar-refractivity contribution in [3.63, 3.8) is 0 Å². The molecule has 1 N–H and O–H groups in total. The van der Waals surface area contributed by atoms with Crippen LogP contribution in [-0.2, 0) is 0 Å². The van der Waals surface area contributed by atoms with Crippen LogP contribution in [0.3, 0.4) is 0 Å². The quantitative estimate of drug-likeness (QED) is 0.825. The topological polar surface area (TPSA) is 23.5 Å². The minimum atomic E-state index is -0.219. The molecule has 0 aliphatic carbocycles. The molecular formula is C11H17NOSe. The number of aliphatic hydroxyl groups excluding tert-OH is 1. The Labute approximate surface area is 91.3 Å². The second kappa shape index (κ2) is 5.13. The van der Waals surface area contributed by atoms with Gasteiger partial charge < -0.3 is 0 Å². The van der Waals surface area contributed by atoms with Gasteiger partial charge in [-0.3, -0.25) is 0 Å². The summed E-state index contributed by atoms with van der Waals surface area (Å²) in [5, 5.41) is 9.97. The fourth-order valence-corrected chi connectivity index (χ4v) is 3.43. The summed E-state index contributed by atoms with van der Waals surface area (Å²) < 4.78 is 1.24. The minimum absolute atomic E-state index is 0.219. The third-order valence-electron chi connectivity index (χ3n) is 2.75. The van der Waals surface area contributed by atoms with Gasteiger partial charge in [0.15, 0.2) is 0 Å². The third kappa shape index (κ3) is 2.71. The second-order valence-corrected chi connectivity index (χ2v) is 5.95. The monoisotopic (exact) mass is 259 g/mol. The van der Waals surface area contributed by atoms with Crippen LogP contribution in [-0.4, -0.2) is 44.1 Å². The van der Waals surface area contributed by atoms with E-state index in [9.17, 15) is 5.11 Å². The van der Waals surface area contributed by atoms with Gasteiger partial charge in [-0.25, -0.2) is 0 Å². The van der Waals surface area contributed by atoms with Crippen LogP contribution in [0.5, 0.6) is 0 Å². The molecule has 14 heavy (non-hydrogen) atoms. The molecular weight excluding hydrogens is 241 g/mol. The SMILES string of the molecule is OC(CN1CCCCC1)c1ccc[se]1. The standard InChI is InChI=1S/C11H17NOSe/c13-10(11-5-4-8-14-11)9-12-6-2-1-3-7-12/h4-5,8,10,13H,1-3,6-7,9H2. The first-order valence-corrected chi connectivity index (χ1v) is 7.14. The average Bonchev–Trinajstić information content (AvgIpc) is 2.72. The maximum atomic E-state index is 9.97. The van der Waals surface area contributed by atoms with Crippen LogP contribution in [0.4, 0.5) is 0 Å². The molecule has 0 spiro atoms. The number of hydrogen-bond donors (Lipinski definition) is 1. The number of hydrogen-bond acceptors (Lipinski definition) is 2. The fourth-order valence-electron chi connectivity index (χ4n) is 1.96. The predicted octanol–water partition coefficient (Wildman–Crippen LogP) is 1.26. The summed E-state index contributed by atoms with van der Waals surface area (Å²) in [5.74, 6) is 0. The van der Waals surface area contributed by atoms with Crippen molar-refractivity contribution >= 4 is 14.5 Å². The number of piperidine rings is 1. The number of likely N-dealkylation sites (tertiary alicyclic amines) is 1. The van der Waals surface area contributed by atoms with Gasteiger partial charge >= 0.3 is 91.0 Å². The summed E-state index contributed by atoms with van der Waals surface area (Å²) in [6.07, 6.45) is 3.74. The Balaban J connectivity index is 1.84. The molecule has 0 bridgehead atoms. The molecule has 1 saturated heterocycles. The van der Waals surface area contributed by atoms with Crippen molar-refractivity contribution in [1.82, 2.24) is 4.90 Å². The third-order valence-corrected chi connectivity index (χ3v) is 4.79. The zero-order valence-corrected chi connectivity index (χ0v) is 10.1. The van der Waals surface area contributed by atoms with Crippen molar-refractivity contribution in [1.29, 1.82) is 0 Å². The average molecular weight is 258 g/mol. The number of rotatable bonds is 3. The predicted molar refractivity (Wildman–Crippen MR) is 58.6 cm³/mol. The van der Waals surface area contributed by atoms with Crippen molar-refractivity contribution in [2.45, 2.75) is 25.4 Å². The number of aliphatic hydroxyl groups is 1. The van der Waals surface area contributed by atoms with E-state index in [-0.39, 0.29) is 6.10 Å². The molecule has 0 radical (unpaired) electrons. The molecule has 2 rings (SSSR count). The fraction of sp³-hybridized carbons (Fsp3) is 0.636. The number of nitrogens with zero attached hydrogens (tertiary/aromatic N) is 1. The molecule has 0 amide bonds. The van der Waals surface area contributed by atoms with Crippen molar-refractivity contribution in [2.75, 3.05) is 19.6 Å². The van der Waals surface area contributed by atoms with Crippen LogP contribution in [0.15, 0.2) is 17.1 Å². The van der Waals surface area contributed by atoms with Gasteiger partial charge in [0.25, 0.3) is 0 Å². The van der Waals surface area contributed by atoms with Crippen LogP contribution < -0.4 is 0 Å². The summed E-state index contributed by atoms with van der Waals surface area (Å²) in [7, 11) is 0. The molecule has 3 heteroatoms. The van der Waals surface area contributed by atoms with Gasteiger partial charge in [-0.2, -0.15) is 0 Å². The van der Waals surface area contributed by atoms with Gasteiger partial charge in [0, 0.05) is 0 Å². The molecule has 78 valence electrons. The van der Waals surface area contributed by atoms with Crippen molar-refractivity contribution < 1.29 is 5.11 Å². The molecule has 0 aromatic carbocycles. The molecule has 1 aliphatic rings. The van der Waals surface area contributed by atoms with Gasteiger partial charge in [-0.1, -0.05) is 0 Å². The van der Waals surface area contributed by atoms with E-state index in [1.807, 2.05) is 0 Å². The maximum absolute atomic E-state index is 9.97. The summed E-state index contributed by atoms with van der Waals surface area (Å²) >= 11 is 0.412. The summed E-state index contributed by atoms with van der Waals surface area (Å²) in [4.78, 5) is 4.56. The van der Waals surface area contributed by atoms with Crippen molar-refractivity contribution in [3.05, 3.63) is 21.5 Å². The molecule has 1 aliphatic heterocycles.